The molecule has 7 nitrogen and oxygen atoms in total. The lowest BCUT2D eigenvalue weighted by Crippen LogP contribution is -2.13. The highest BCUT2D eigenvalue weighted by Crippen LogP contribution is 2.30. The average Bonchev–Trinajstić information content (AvgIpc) is 3.10. The van der Waals surface area contributed by atoms with Gasteiger partial charge in [0.25, 0.3) is 5.91 Å². The lowest BCUT2D eigenvalue weighted by molar-refractivity contribution is 0.102. The predicted molar refractivity (Wildman–Crippen MR) is 118 cm³/mol. The summed E-state index contributed by atoms with van der Waals surface area (Å²) in [6, 6.07) is 12.4. The molecule has 0 saturated heterocycles. The third-order valence-electron chi connectivity index (χ3n) is 4.85. The molecule has 0 radical (unpaired) electrons. The number of rotatable bonds is 10. The minimum Gasteiger partial charge on any atom is -0.497 e. The zero-order valence-electron chi connectivity index (χ0n) is 18.4. The number of unbranched alkanes of at least 4 members (excludes halogenated alkanes) is 1. The predicted octanol–water partition coefficient (Wildman–Crippen LogP) is 5.31. The normalized spacial score (nSPS) is 10.6. The first-order valence-corrected chi connectivity index (χ1v) is 10.3. The van der Waals surface area contributed by atoms with E-state index < -0.39 is 0 Å². The maximum atomic E-state index is 12.9. The molecule has 1 amide bonds. The van der Waals surface area contributed by atoms with Gasteiger partial charge in [-0.15, -0.1) is 0 Å². The molecule has 3 aromatic rings. The van der Waals surface area contributed by atoms with Crippen LogP contribution < -0.4 is 19.5 Å². The van der Waals surface area contributed by atoms with Crippen LogP contribution in [0, 0.1) is 13.8 Å². The van der Waals surface area contributed by atoms with Gasteiger partial charge in [0.1, 0.15) is 29.6 Å². The summed E-state index contributed by atoms with van der Waals surface area (Å²) in [6.45, 7) is 6.71. The second kappa shape index (κ2) is 10.5. The average molecular weight is 424 g/mol. The van der Waals surface area contributed by atoms with E-state index in [0.717, 1.165) is 29.9 Å². The minimum atomic E-state index is -0.267. The van der Waals surface area contributed by atoms with Gasteiger partial charge in [0, 0.05) is 11.6 Å². The Hall–Kier alpha value is -3.48. The quantitative estimate of drug-likeness (QED) is 0.444. The number of amides is 1. The second-order valence-corrected chi connectivity index (χ2v) is 7.14. The molecule has 164 valence electrons. The van der Waals surface area contributed by atoms with Crippen LogP contribution in [-0.4, -0.2) is 24.8 Å². The van der Waals surface area contributed by atoms with Crippen molar-refractivity contribution in [1.29, 1.82) is 0 Å². The number of nitrogens with one attached hydrogen (secondary N) is 1. The van der Waals surface area contributed by atoms with Crippen LogP contribution in [-0.2, 0) is 6.61 Å². The van der Waals surface area contributed by atoms with Crippen molar-refractivity contribution in [1.82, 2.24) is 5.16 Å². The molecule has 31 heavy (non-hydrogen) atoms. The van der Waals surface area contributed by atoms with E-state index >= 15 is 0 Å². The summed E-state index contributed by atoms with van der Waals surface area (Å²) in [5.74, 6) is 2.28. The van der Waals surface area contributed by atoms with Crippen molar-refractivity contribution in [3.8, 4) is 17.2 Å². The number of benzene rings is 2. The Morgan fingerprint density at radius 1 is 1.10 bits per heavy atom. The first kappa shape index (κ1) is 22.2. The molecular formula is C24H28N2O5. The minimum absolute atomic E-state index is 0.267. The fourth-order valence-electron chi connectivity index (χ4n) is 2.97. The molecule has 0 unspecified atom stereocenters. The Labute approximate surface area is 182 Å². The largest absolute Gasteiger partial charge is 0.497 e. The SMILES string of the molecule is CCCCOc1ccc(OC)cc1NC(=O)c1cccc(OCc2c(C)noc2C)c1. The summed E-state index contributed by atoms with van der Waals surface area (Å²) < 4.78 is 22.1. The maximum absolute atomic E-state index is 12.9. The number of hydrogen-bond donors (Lipinski definition) is 1. The Morgan fingerprint density at radius 2 is 1.94 bits per heavy atom. The molecule has 0 atom stereocenters. The standard InChI is InChI=1S/C24H28N2O5/c1-5-6-12-29-23-11-10-19(28-4)14-22(23)25-24(27)18-8-7-9-20(13-18)30-15-21-16(2)26-31-17(21)3/h7-11,13-14H,5-6,12,15H2,1-4H3,(H,25,27). The van der Waals surface area contributed by atoms with Gasteiger partial charge in [0.15, 0.2) is 0 Å². The van der Waals surface area contributed by atoms with E-state index in [4.69, 9.17) is 18.7 Å². The van der Waals surface area contributed by atoms with E-state index in [1.165, 1.54) is 0 Å². The van der Waals surface area contributed by atoms with Crippen LogP contribution in [0.25, 0.3) is 0 Å². The molecular weight excluding hydrogens is 396 g/mol. The van der Waals surface area contributed by atoms with Crippen LogP contribution in [0.2, 0.25) is 0 Å². The number of hydrogen-bond acceptors (Lipinski definition) is 6. The number of aromatic nitrogens is 1. The molecule has 0 saturated carbocycles. The summed E-state index contributed by atoms with van der Waals surface area (Å²) in [5, 5.41) is 6.85. The van der Waals surface area contributed by atoms with Crippen LogP contribution in [0.1, 0.15) is 47.1 Å². The zero-order chi connectivity index (χ0) is 22.2. The van der Waals surface area contributed by atoms with Gasteiger partial charge in [-0.1, -0.05) is 24.6 Å². The maximum Gasteiger partial charge on any atom is 0.255 e. The summed E-state index contributed by atoms with van der Waals surface area (Å²) in [7, 11) is 1.58. The number of anilines is 1. The van der Waals surface area contributed by atoms with Gasteiger partial charge >= 0.3 is 0 Å². The highest BCUT2D eigenvalue weighted by molar-refractivity contribution is 6.05. The van der Waals surface area contributed by atoms with Crippen LogP contribution in [0.15, 0.2) is 47.0 Å². The molecule has 0 bridgehead atoms. The molecule has 0 aliphatic rings. The van der Waals surface area contributed by atoms with Crippen molar-refractivity contribution < 1.29 is 23.5 Å². The number of carbonyl (C=O) groups excluding carboxylic acids is 1. The van der Waals surface area contributed by atoms with Crippen molar-refractivity contribution in [2.45, 2.75) is 40.2 Å². The van der Waals surface area contributed by atoms with Gasteiger partial charge in [0.2, 0.25) is 0 Å². The zero-order valence-corrected chi connectivity index (χ0v) is 18.4. The summed E-state index contributed by atoms with van der Waals surface area (Å²) in [5.41, 5.74) is 2.72. The Morgan fingerprint density at radius 3 is 2.65 bits per heavy atom. The van der Waals surface area contributed by atoms with Crippen molar-refractivity contribution in [2.75, 3.05) is 19.0 Å². The highest BCUT2D eigenvalue weighted by Gasteiger charge is 2.14. The van der Waals surface area contributed by atoms with Crippen LogP contribution in [0.5, 0.6) is 17.2 Å². The molecule has 0 aliphatic heterocycles. The second-order valence-electron chi connectivity index (χ2n) is 7.14. The molecule has 1 aromatic heterocycles. The molecule has 1 heterocycles. The summed E-state index contributed by atoms with van der Waals surface area (Å²) in [6.07, 6.45) is 1.96. The molecule has 0 aliphatic carbocycles. The Kier molecular flexibility index (Phi) is 7.54. The fraction of sp³-hybridized carbons (Fsp3) is 0.333. The Bertz CT molecular complexity index is 1010. The lowest BCUT2D eigenvalue weighted by Gasteiger charge is -2.14. The van der Waals surface area contributed by atoms with E-state index in [2.05, 4.69) is 17.4 Å². The molecule has 2 aromatic carbocycles. The molecule has 0 fully saturated rings. The number of nitrogens with zero attached hydrogens (tertiary/aromatic N) is 1. The number of methoxy groups -OCH3 is 1. The van der Waals surface area contributed by atoms with Crippen molar-refractivity contribution in [3.63, 3.8) is 0 Å². The first-order chi connectivity index (χ1) is 15.0. The van der Waals surface area contributed by atoms with E-state index in [1.54, 1.807) is 49.6 Å². The molecule has 1 N–H and O–H groups in total. The van der Waals surface area contributed by atoms with Crippen molar-refractivity contribution in [2.24, 2.45) is 0 Å². The van der Waals surface area contributed by atoms with Crippen LogP contribution in [0.4, 0.5) is 5.69 Å². The summed E-state index contributed by atoms with van der Waals surface area (Å²) >= 11 is 0. The summed E-state index contributed by atoms with van der Waals surface area (Å²) in [4.78, 5) is 12.9. The third kappa shape index (κ3) is 5.78. The van der Waals surface area contributed by atoms with Gasteiger partial charge < -0.3 is 24.1 Å². The van der Waals surface area contributed by atoms with Gasteiger partial charge in [-0.25, -0.2) is 0 Å². The molecule has 7 heteroatoms. The molecule has 0 spiro atoms. The smallest absolute Gasteiger partial charge is 0.255 e. The molecule has 3 rings (SSSR count). The van der Waals surface area contributed by atoms with Gasteiger partial charge in [0.05, 0.1) is 30.7 Å². The number of carbonyl (C=O) groups is 1. The van der Waals surface area contributed by atoms with Crippen molar-refractivity contribution in [3.05, 3.63) is 65.0 Å². The van der Waals surface area contributed by atoms with Crippen molar-refractivity contribution >= 4 is 11.6 Å². The van der Waals surface area contributed by atoms with E-state index in [-0.39, 0.29) is 5.91 Å². The first-order valence-electron chi connectivity index (χ1n) is 10.3. The number of aryl methyl sites for hydroxylation is 2. The van der Waals surface area contributed by atoms with E-state index in [9.17, 15) is 4.79 Å². The van der Waals surface area contributed by atoms with Crippen LogP contribution >= 0.6 is 0 Å². The van der Waals surface area contributed by atoms with E-state index in [0.29, 0.717) is 41.7 Å². The third-order valence-corrected chi connectivity index (χ3v) is 4.85. The van der Waals surface area contributed by atoms with Crippen LogP contribution in [0.3, 0.4) is 0 Å². The van der Waals surface area contributed by atoms with Gasteiger partial charge in [-0.05, 0) is 50.6 Å². The van der Waals surface area contributed by atoms with Gasteiger partial charge in [-0.2, -0.15) is 0 Å². The van der Waals surface area contributed by atoms with E-state index in [1.807, 2.05) is 13.8 Å². The highest BCUT2D eigenvalue weighted by atomic mass is 16.5. The van der Waals surface area contributed by atoms with Gasteiger partial charge in [-0.3, -0.25) is 4.79 Å². The topological polar surface area (TPSA) is 82.8 Å². The Balaban J connectivity index is 1.72. The fourth-order valence-corrected chi connectivity index (χ4v) is 2.97. The number of ether oxygens (including phenoxy) is 3. The lowest BCUT2D eigenvalue weighted by atomic mass is 10.2. The monoisotopic (exact) mass is 424 g/mol.